The van der Waals surface area contributed by atoms with Crippen LogP contribution in [0.1, 0.15) is 18.7 Å². The molecule has 0 aliphatic heterocycles. The van der Waals surface area contributed by atoms with Gasteiger partial charge in [0.05, 0.1) is 26.6 Å². The van der Waals surface area contributed by atoms with Crippen LogP contribution in [0.4, 0.5) is 11.4 Å². The van der Waals surface area contributed by atoms with Gasteiger partial charge in [-0.05, 0) is 37.6 Å². The number of benzene rings is 2. The van der Waals surface area contributed by atoms with Gasteiger partial charge in [0.15, 0.2) is 0 Å². The van der Waals surface area contributed by atoms with Crippen LogP contribution in [-0.2, 0) is 11.3 Å². The zero-order valence-corrected chi connectivity index (χ0v) is 16.1. The van der Waals surface area contributed by atoms with Crippen LogP contribution in [0, 0.1) is 6.92 Å². The van der Waals surface area contributed by atoms with E-state index >= 15 is 0 Å². The second-order valence-electron chi connectivity index (χ2n) is 6.14. The maximum absolute atomic E-state index is 12.6. The highest BCUT2D eigenvalue weighted by atomic mass is 35.5. The van der Waals surface area contributed by atoms with Crippen molar-refractivity contribution >= 4 is 51.4 Å². The molecule has 0 atom stereocenters. The van der Waals surface area contributed by atoms with Gasteiger partial charge in [0.1, 0.15) is 5.82 Å². The molecule has 0 bridgehead atoms. The third-order valence-corrected chi connectivity index (χ3v) is 4.83. The predicted molar refractivity (Wildman–Crippen MR) is 109 cm³/mol. The number of aryl methyl sites for hydroxylation is 1. The van der Waals surface area contributed by atoms with E-state index in [1.54, 1.807) is 35.8 Å². The van der Waals surface area contributed by atoms with Crippen LogP contribution < -0.4 is 16.6 Å². The Hall–Kier alpha value is -2.57. The summed E-state index contributed by atoms with van der Waals surface area (Å²) >= 11 is 11.9. The van der Waals surface area contributed by atoms with Crippen LogP contribution >= 0.6 is 23.2 Å². The number of carbonyl (C=O) groups excluding carboxylic acids is 1. The Kier molecular flexibility index (Phi) is 5.68. The van der Waals surface area contributed by atoms with Crippen LogP contribution in [0.25, 0.3) is 10.9 Å². The predicted octanol–water partition coefficient (Wildman–Crippen LogP) is 4.01. The van der Waals surface area contributed by atoms with Crippen molar-refractivity contribution in [3.05, 3.63) is 62.6 Å². The quantitative estimate of drug-likeness (QED) is 0.628. The van der Waals surface area contributed by atoms with Gasteiger partial charge in [-0.25, -0.2) is 4.98 Å². The lowest BCUT2D eigenvalue weighted by Crippen LogP contribution is -2.24. The number of nitrogens with one attached hydrogen (secondary N) is 1. The molecule has 6 nitrogen and oxygen atoms in total. The average Bonchev–Trinajstić information content (AvgIpc) is 2.62. The van der Waals surface area contributed by atoms with E-state index in [2.05, 4.69) is 10.3 Å². The monoisotopic (exact) mass is 404 g/mol. The lowest BCUT2D eigenvalue weighted by molar-refractivity contribution is -0.116. The van der Waals surface area contributed by atoms with Gasteiger partial charge in [0.25, 0.3) is 5.56 Å². The highest BCUT2D eigenvalue weighted by Gasteiger charge is 2.10. The van der Waals surface area contributed by atoms with Gasteiger partial charge in [-0.2, -0.15) is 0 Å². The molecule has 3 aromatic rings. The van der Waals surface area contributed by atoms with Gasteiger partial charge >= 0.3 is 0 Å². The van der Waals surface area contributed by atoms with Gasteiger partial charge < -0.3 is 11.1 Å². The summed E-state index contributed by atoms with van der Waals surface area (Å²) in [7, 11) is 0. The first-order chi connectivity index (χ1) is 12.9. The van der Waals surface area contributed by atoms with Crippen molar-refractivity contribution in [3.8, 4) is 0 Å². The van der Waals surface area contributed by atoms with E-state index in [4.69, 9.17) is 28.9 Å². The van der Waals surface area contributed by atoms with Crippen molar-refractivity contribution in [1.82, 2.24) is 9.55 Å². The lowest BCUT2D eigenvalue weighted by Gasteiger charge is -2.11. The number of fused-ring (bicyclic) bond motifs is 1. The molecule has 0 fully saturated rings. The number of carbonyl (C=O) groups is 1. The molecular weight excluding hydrogens is 387 g/mol. The summed E-state index contributed by atoms with van der Waals surface area (Å²) in [6.07, 6.45) is 0.724. The third kappa shape index (κ3) is 4.23. The molecule has 1 aromatic heterocycles. The summed E-state index contributed by atoms with van der Waals surface area (Å²) in [6, 6.07) is 10.3. The molecule has 27 heavy (non-hydrogen) atoms. The van der Waals surface area contributed by atoms with Gasteiger partial charge in [0.2, 0.25) is 5.91 Å². The number of amides is 1. The minimum Gasteiger partial charge on any atom is -0.396 e. The average molecular weight is 405 g/mol. The Morgan fingerprint density at radius 2 is 1.89 bits per heavy atom. The second-order valence-corrected chi connectivity index (χ2v) is 6.95. The van der Waals surface area contributed by atoms with Crippen molar-refractivity contribution in [2.24, 2.45) is 0 Å². The van der Waals surface area contributed by atoms with Gasteiger partial charge in [0, 0.05) is 18.7 Å². The molecule has 0 spiro atoms. The molecule has 3 rings (SSSR count). The lowest BCUT2D eigenvalue weighted by atomic mass is 10.2. The summed E-state index contributed by atoms with van der Waals surface area (Å²) < 4.78 is 1.59. The first-order valence-electron chi connectivity index (χ1n) is 8.37. The Balaban J connectivity index is 1.65. The summed E-state index contributed by atoms with van der Waals surface area (Å²) in [5, 5.41) is 3.86. The standard InChI is InChI=1S/C19H18Cl2N4O2/c1-11-23-16-6-3-2-5-13(16)19(27)25(11)8-4-7-17(26)24-12-9-14(20)18(22)15(21)10-12/h2-3,5-6,9-10H,4,7-8,22H2,1H3,(H,24,26). The largest absolute Gasteiger partial charge is 0.396 e. The smallest absolute Gasteiger partial charge is 0.261 e. The summed E-state index contributed by atoms with van der Waals surface area (Å²) in [5.74, 6) is 0.419. The molecular formula is C19H18Cl2N4O2. The van der Waals surface area contributed by atoms with Crippen LogP contribution in [0.15, 0.2) is 41.2 Å². The van der Waals surface area contributed by atoms with E-state index < -0.39 is 0 Å². The van der Waals surface area contributed by atoms with Gasteiger partial charge in [-0.1, -0.05) is 35.3 Å². The summed E-state index contributed by atoms with van der Waals surface area (Å²) in [4.78, 5) is 29.2. The van der Waals surface area contributed by atoms with E-state index in [-0.39, 0.29) is 33.6 Å². The molecule has 3 N–H and O–H groups in total. The van der Waals surface area contributed by atoms with E-state index in [0.717, 1.165) is 0 Å². The molecule has 0 aliphatic carbocycles. The second kappa shape index (κ2) is 7.98. The normalized spacial score (nSPS) is 10.9. The molecule has 2 aromatic carbocycles. The minimum absolute atomic E-state index is 0.101. The zero-order chi connectivity index (χ0) is 19.6. The molecule has 8 heteroatoms. The molecule has 1 heterocycles. The number of rotatable bonds is 5. The summed E-state index contributed by atoms with van der Waals surface area (Å²) in [5.41, 5.74) is 7.00. The van der Waals surface area contributed by atoms with Crippen LogP contribution in [0.5, 0.6) is 0 Å². The van der Waals surface area contributed by atoms with Crippen molar-refractivity contribution in [3.63, 3.8) is 0 Å². The molecule has 0 radical (unpaired) electrons. The number of hydrogen-bond donors (Lipinski definition) is 2. The van der Waals surface area contributed by atoms with Crippen LogP contribution in [0.3, 0.4) is 0 Å². The Morgan fingerprint density at radius 1 is 1.22 bits per heavy atom. The Morgan fingerprint density at radius 3 is 2.59 bits per heavy atom. The van der Waals surface area contributed by atoms with Gasteiger partial charge in [-0.15, -0.1) is 0 Å². The zero-order valence-electron chi connectivity index (χ0n) is 14.6. The van der Waals surface area contributed by atoms with Crippen LogP contribution in [0.2, 0.25) is 10.0 Å². The fourth-order valence-corrected chi connectivity index (χ4v) is 3.31. The third-order valence-electron chi connectivity index (χ3n) is 4.20. The summed E-state index contributed by atoms with van der Waals surface area (Å²) in [6.45, 7) is 2.19. The molecule has 0 aliphatic rings. The van der Waals surface area contributed by atoms with Crippen molar-refractivity contribution in [1.29, 1.82) is 0 Å². The fourth-order valence-electron chi connectivity index (χ4n) is 2.82. The molecule has 0 saturated carbocycles. The molecule has 1 amide bonds. The van der Waals surface area contributed by atoms with Crippen LogP contribution in [-0.4, -0.2) is 15.5 Å². The van der Waals surface area contributed by atoms with E-state index in [1.807, 2.05) is 12.1 Å². The number of halogens is 2. The minimum atomic E-state index is -0.202. The number of nitrogens with two attached hydrogens (primary N) is 1. The first-order valence-corrected chi connectivity index (χ1v) is 9.13. The SMILES string of the molecule is Cc1nc2ccccc2c(=O)n1CCCC(=O)Nc1cc(Cl)c(N)c(Cl)c1. The highest BCUT2D eigenvalue weighted by molar-refractivity contribution is 6.39. The van der Waals surface area contributed by atoms with Gasteiger partial charge in [-0.3, -0.25) is 14.2 Å². The van der Waals surface area contributed by atoms with Crippen molar-refractivity contribution < 1.29 is 4.79 Å². The maximum atomic E-state index is 12.6. The van der Waals surface area contributed by atoms with Crippen molar-refractivity contribution in [2.75, 3.05) is 11.1 Å². The number of anilines is 2. The number of hydrogen-bond acceptors (Lipinski definition) is 4. The molecule has 140 valence electrons. The van der Waals surface area contributed by atoms with E-state index in [1.165, 1.54) is 0 Å². The maximum Gasteiger partial charge on any atom is 0.261 e. The Labute approximate surface area is 165 Å². The number of nitrogens with zero attached hydrogens (tertiary/aromatic N) is 2. The molecule has 0 saturated heterocycles. The van der Waals surface area contributed by atoms with E-state index in [0.29, 0.717) is 35.4 Å². The number of aromatic nitrogens is 2. The number of nitrogen functional groups attached to an aromatic ring is 1. The molecule has 0 unspecified atom stereocenters. The highest BCUT2D eigenvalue weighted by Crippen LogP contribution is 2.31. The topological polar surface area (TPSA) is 90.0 Å². The fraction of sp³-hybridized carbons (Fsp3) is 0.211. The van der Waals surface area contributed by atoms with Crippen molar-refractivity contribution in [2.45, 2.75) is 26.3 Å². The first kappa shape index (κ1) is 19.2. The number of para-hydroxylation sites is 1. The van der Waals surface area contributed by atoms with E-state index in [9.17, 15) is 9.59 Å². The Bertz CT molecular complexity index is 1060.